The molecule has 20 heavy (non-hydrogen) atoms. The number of aryl methyl sites for hydroxylation is 1. The number of H-pyrrole nitrogens is 1. The number of ether oxygens (including phenoxy) is 1. The van der Waals surface area contributed by atoms with Gasteiger partial charge in [-0.05, 0) is 32.3 Å². The Bertz CT molecular complexity index is 492. The Morgan fingerprint density at radius 2 is 2.35 bits per heavy atom. The maximum absolute atomic E-state index is 11.7. The molecule has 0 aliphatic carbocycles. The number of nitrogens with one attached hydrogen (secondary N) is 3. The summed E-state index contributed by atoms with van der Waals surface area (Å²) in [5.74, 6) is -1.10. The average Bonchev–Trinajstić information content (AvgIpc) is 2.99. The minimum Gasteiger partial charge on any atom is -0.477 e. The standard InChI is InChI=1S/C13H19N3O4/c1-8-7-10(11(15-8)12(17)18)16-13(19)14-5-4-9-3-2-6-20-9/h7,9,15H,2-6H2,1H3,(H,17,18)(H2,14,16,19). The van der Waals surface area contributed by atoms with Crippen molar-refractivity contribution in [1.82, 2.24) is 10.3 Å². The molecule has 2 amide bonds. The molecular weight excluding hydrogens is 262 g/mol. The third-order valence-corrected chi connectivity index (χ3v) is 3.19. The lowest BCUT2D eigenvalue weighted by molar-refractivity contribution is 0.0692. The van der Waals surface area contributed by atoms with Crippen LogP contribution in [-0.4, -0.2) is 41.3 Å². The molecule has 0 saturated carbocycles. The smallest absolute Gasteiger partial charge is 0.354 e. The molecule has 1 aliphatic heterocycles. The highest BCUT2D eigenvalue weighted by molar-refractivity contribution is 5.99. The number of hydrogen-bond acceptors (Lipinski definition) is 3. The van der Waals surface area contributed by atoms with Crippen LogP contribution in [-0.2, 0) is 4.74 Å². The SMILES string of the molecule is Cc1cc(NC(=O)NCCC2CCCO2)c(C(=O)O)[nH]1. The van der Waals surface area contributed by atoms with Gasteiger partial charge in [0.05, 0.1) is 11.8 Å². The number of carbonyl (C=O) groups is 2. The van der Waals surface area contributed by atoms with Crippen LogP contribution in [0.1, 0.15) is 35.4 Å². The van der Waals surface area contributed by atoms with Gasteiger partial charge in [0, 0.05) is 18.8 Å². The molecule has 1 saturated heterocycles. The number of carbonyl (C=O) groups excluding carboxylic acids is 1. The molecule has 110 valence electrons. The van der Waals surface area contributed by atoms with E-state index in [0.29, 0.717) is 12.2 Å². The lowest BCUT2D eigenvalue weighted by atomic mass is 10.2. The van der Waals surface area contributed by atoms with Crippen molar-refractivity contribution in [3.63, 3.8) is 0 Å². The molecule has 0 bridgehead atoms. The van der Waals surface area contributed by atoms with Crippen LogP contribution in [0.2, 0.25) is 0 Å². The third-order valence-electron chi connectivity index (χ3n) is 3.19. The number of hydrogen-bond donors (Lipinski definition) is 4. The molecule has 1 aliphatic rings. The van der Waals surface area contributed by atoms with Crippen LogP contribution in [0.5, 0.6) is 0 Å². The van der Waals surface area contributed by atoms with Crippen molar-refractivity contribution in [3.05, 3.63) is 17.5 Å². The summed E-state index contributed by atoms with van der Waals surface area (Å²) in [6.07, 6.45) is 3.09. The summed E-state index contributed by atoms with van der Waals surface area (Å²) in [4.78, 5) is 25.4. The number of carboxylic acid groups (broad SMARTS) is 1. The lowest BCUT2D eigenvalue weighted by Crippen LogP contribution is -2.31. The van der Waals surface area contributed by atoms with Crippen LogP contribution in [0, 0.1) is 6.92 Å². The van der Waals surface area contributed by atoms with E-state index in [1.807, 2.05) is 0 Å². The van der Waals surface area contributed by atoms with Crippen molar-refractivity contribution in [2.24, 2.45) is 0 Å². The van der Waals surface area contributed by atoms with E-state index in [9.17, 15) is 9.59 Å². The van der Waals surface area contributed by atoms with E-state index >= 15 is 0 Å². The van der Waals surface area contributed by atoms with Gasteiger partial charge in [-0.1, -0.05) is 0 Å². The molecular formula is C13H19N3O4. The van der Waals surface area contributed by atoms with Crippen LogP contribution < -0.4 is 10.6 Å². The van der Waals surface area contributed by atoms with Gasteiger partial charge in [-0.2, -0.15) is 0 Å². The van der Waals surface area contributed by atoms with E-state index in [2.05, 4.69) is 15.6 Å². The van der Waals surface area contributed by atoms with E-state index in [1.54, 1.807) is 13.0 Å². The van der Waals surface area contributed by atoms with Crippen LogP contribution in [0.3, 0.4) is 0 Å². The van der Waals surface area contributed by atoms with Gasteiger partial charge in [-0.25, -0.2) is 9.59 Å². The van der Waals surface area contributed by atoms with Crippen LogP contribution in [0.25, 0.3) is 0 Å². The summed E-state index contributed by atoms with van der Waals surface area (Å²) in [5, 5.41) is 14.2. The number of carboxylic acids is 1. The molecule has 4 N–H and O–H groups in total. The monoisotopic (exact) mass is 281 g/mol. The predicted octanol–water partition coefficient (Wildman–Crippen LogP) is 1.71. The van der Waals surface area contributed by atoms with Gasteiger partial charge in [-0.3, -0.25) is 0 Å². The Morgan fingerprint density at radius 1 is 1.55 bits per heavy atom. The fourth-order valence-electron chi connectivity index (χ4n) is 2.24. The molecule has 7 nitrogen and oxygen atoms in total. The first-order valence-corrected chi connectivity index (χ1v) is 6.65. The van der Waals surface area contributed by atoms with Crippen molar-refractivity contribution in [3.8, 4) is 0 Å². The van der Waals surface area contributed by atoms with Crippen molar-refractivity contribution < 1.29 is 19.4 Å². The lowest BCUT2D eigenvalue weighted by Gasteiger charge is -2.10. The van der Waals surface area contributed by atoms with Gasteiger partial charge in [0.2, 0.25) is 0 Å². The first kappa shape index (κ1) is 14.4. The molecule has 1 fully saturated rings. The first-order valence-electron chi connectivity index (χ1n) is 6.65. The number of rotatable bonds is 5. The summed E-state index contributed by atoms with van der Waals surface area (Å²) in [5.41, 5.74) is 0.929. The van der Waals surface area contributed by atoms with Gasteiger partial charge in [0.15, 0.2) is 0 Å². The van der Waals surface area contributed by atoms with Crippen LogP contribution in [0.4, 0.5) is 10.5 Å². The molecule has 0 spiro atoms. The van der Waals surface area contributed by atoms with Crippen molar-refractivity contribution in [2.75, 3.05) is 18.5 Å². The Morgan fingerprint density at radius 3 is 3.00 bits per heavy atom. The molecule has 1 atom stereocenters. The van der Waals surface area contributed by atoms with E-state index < -0.39 is 12.0 Å². The van der Waals surface area contributed by atoms with E-state index in [-0.39, 0.29) is 17.5 Å². The van der Waals surface area contributed by atoms with Gasteiger partial charge in [0.25, 0.3) is 0 Å². The second-order valence-corrected chi connectivity index (χ2v) is 4.85. The van der Waals surface area contributed by atoms with Crippen LogP contribution in [0.15, 0.2) is 6.07 Å². The normalized spacial score (nSPS) is 17.9. The van der Waals surface area contributed by atoms with Gasteiger partial charge in [0.1, 0.15) is 5.69 Å². The highest BCUT2D eigenvalue weighted by Gasteiger charge is 2.17. The van der Waals surface area contributed by atoms with E-state index in [1.165, 1.54) is 0 Å². The van der Waals surface area contributed by atoms with Gasteiger partial charge < -0.3 is 25.5 Å². The minimum absolute atomic E-state index is 0.0169. The number of anilines is 1. The Balaban J connectivity index is 1.80. The Labute approximate surface area is 116 Å². The summed E-state index contributed by atoms with van der Waals surface area (Å²) < 4.78 is 5.45. The highest BCUT2D eigenvalue weighted by atomic mass is 16.5. The molecule has 7 heteroatoms. The van der Waals surface area contributed by atoms with Crippen molar-refractivity contribution in [1.29, 1.82) is 0 Å². The fraction of sp³-hybridized carbons (Fsp3) is 0.538. The van der Waals surface area contributed by atoms with E-state index in [0.717, 1.165) is 25.9 Å². The maximum Gasteiger partial charge on any atom is 0.354 e. The zero-order valence-electron chi connectivity index (χ0n) is 11.4. The zero-order chi connectivity index (χ0) is 14.5. The Hall–Kier alpha value is -2.02. The van der Waals surface area contributed by atoms with Crippen molar-refractivity contribution in [2.45, 2.75) is 32.3 Å². The minimum atomic E-state index is -1.10. The van der Waals surface area contributed by atoms with Crippen LogP contribution >= 0.6 is 0 Å². The topological polar surface area (TPSA) is 103 Å². The van der Waals surface area contributed by atoms with Gasteiger partial charge in [-0.15, -0.1) is 0 Å². The second kappa shape index (κ2) is 6.42. The molecule has 0 aromatic carbocycles. The molecule has 2 rings (SSSR count). The number of urea groups is 1. The summed E-state index contributed by atoms with van der Waals surface area (Å²) in [6, 6.07) is 1.17. The number of amides is 2. The quantitative estimate of drug-likeness (QED) is 0.659. The average molecular weight is 281 g/mol. The predicted molar refractivity (Wildman–Crippen MR) is 73.1 cm³/mol. The maximum atomic E-state index is 11.7. The summed E-state index contributed by atoms with van der Waals surface area (Å²) >= 11 is 0. The second-order valence-electron chi connectivity index (χ2n) is 4.85. The highest BCUT2D eigenvalue weighted by Crippen LogP contribution is 2.17. The fourth-order valence-corrected chi connectivity index (χ4v) is 2.24. The third kappa shape index (κ3) is 3.74. The number of aromatic amines is 1. The largest absolute Gasteiger partial charge is 0.477 e. The molecule has 1 aromatic rings. The summed E-state index contributed by atoms with van der Waals surface area (Å²) in [7, 11) is 0. The zero-order valence-corrected chi connectivity index (χ0v) is 11.4. The van der Waals surface area contributed by atoms with E-state index in [4.69, 9.17) is 9.84 Å². The van der Waals surface area contributed by atoms with Crippen molar-refractivity contribution >= 4 is 17.7 Å². The molecule has 1 unspecified atom stereocenters. The molecule has 1 aromatic heterocycles. The number of aromatic nitrogens is 1. The first-order chi connectivity index (χ1) is 9.56. The molecule has 0 radical (unpaired) electrons. The van der Waals surface area contributed by atoms with Gasteiger partial charge >= 0.3 is 12.0 Å². The Kier molecular flexibility index (Phi) is 4.62. The number of aromatic carboxylic acids is 1. The molecule has 2 heterocycles. The summed E-state index contributed by atoms with van der Waals surface area (Å²) in [6.45, 7) is 3.02.